The van der Waals surface area contributed by atoms with E-state index in [1.165, 1.54) is 6.20 Å². The number of aliphatic imine (C=N–C) groups is 1. The van der Waals surface area contributed by atoms with E-state index in [0.29, 0.717) is 5.71 Å². The molecule has 2 atom stereocenters. The lowest BCUT2D eigenvalue weighted by Gasteiger charge is -2.11. The number of allylic oxidation sites excluding steroid dienone is 1. The number of benzene rings is 2. The SMILES string of the molecule is [2H]C1C(C([2H])([2H])[2H])=CN=C(c2cccc3c2sc2ccccc23)C1[2H]. The summed E-state index contributed by atoms with van der Waals surface area (Å²) in [6, 6.07) is 14.0. The van der Waals surface area contributed by atoms with E-state index in [1.54, 1.807) is 11.3 Å². The third-order valence-electron chi connectivity index (χ3n) is 3.44. The highest BCUT2D eigenvalue weighted by Gasteiger charge is 2.14. The van der Waals surface area contributed by atoms with Crippen molar-refractivity contribution in [2.75, 3.05) is 0 Å². The zero-order valence-electron chi connectivity index (χ0n) is 15.6. The van der Waals surface area contributed by atoms with Crippen LogP contribution in [0.4, 0.5) is 0 Å². The van der Waals surface area contributed by atoms with E-state index in [1.807, 2.05) is 30.3 Å². The summed E-state index contributed by atoms with van der Waals surface area (Å²) >= 11 is 1.63. The van der Waals surface area contributed by atoms with Gasteiger partial charge in [0.2, 0.25) is 0 Å². The Balaban J connectivity index is 1.93. The lowest BCUT2D eigenvalue weighted by molar-refractivity contribution is 0.978. The molecule has 2 heteroatoms. The molecule has 1 aliphatic heterocycles. The smallest absolute Gasteiger partial charge is 0.0493 e. The van der Waals surface area contributed by atoms with Gasteiger partial charge in [0, 0.05) is 44.5 Å². The highest BCUT2D eigenvalue weighted by Crippen LogP contribution is 2.36. The molecule has 0 aliphatic carbocycles. The Morgan fingerprint density at radius 2 is 2.00 bits per heavy atom. The second kappa shape index (κ2) is 4.57. The topological polar surface area (TPSA) is 12.4 Å². The minimum atomic E-state index is -2.38. The second-order valence-corrected chi connectivity index (χ2v) is 5.76. The molecule has 1 aliphatic rings. The number of hydrogen-bond acceptors (Lipinski definition) is 2. The van der Waals surface area contributed by atoms with E-state index in [-0.39, 0.29) is 5.57 Å². The predicted octanol–water partition coefficient (Wildman–Crippen LogP) is 5.54. The number of hydrogen-bond donors (Lipinski definition) is 0. The molecule has 2 unspecified atom stereocenters. The van der Waals surface area contributed by atoms with Crippen molar-refractivity contribution in [2.45, 2.75) is 19.6 Å². The number of thiophene rings is 1. The monoisotopic (exact) mass is 282 g/mol. The van der Waals surface area contributed by atoms with Gasteiger partial charge < -0.3 is 0 Å². The van der Waals surface area contributed by atoms with Crippen LogP contribution in [0, 0.1) is 0 Å². The summed E-state index contributed by atoms with van der Waals surface area (Å²) in [5.74, 6) is 0. The Morgan fingerprint density at radius 1 is 1.10 bits per heavy atom. The highest BCUT2D eigenvalue weighted by atomic mass is 32.1. The minimum absolute atomic E-state index is 0.0697. The maximum atomic E-state index is 8.39. The Kier molecular flexibility index (Phi) is 1.77. The fraction of sp³-hybridized carbons (Fsp3) is 0.167. The molecule has 0 saturated carbocycles. The molecule has 1 aromatic heterocycles. The van der Waals surface area contributed by atoms with Gasteiger partial charge in [-0.2, -0.15) is 0 Å². The first-order valence-electron chi connectivity index (χ1n) is 9.07. The number of rotatable bonds is 1. The van der Waals surface area contributed by atoms with E-state index in [2.05, 4.69) is 17.1 Å². The zero-order chi connectivity index (χ0) is 17.8. The van der Waals surface area contributed by atoms with E-state index in [4.69, 9.17) is 6.85 Å². The van der Waals surface area contributed by atoms with Crippen molar-refractivity contribution < 1.29 is 6.85 Å². The first-order valence-corrected chi connectivity index (χ1v) is 7.23. The largest absolute Gasteiger partial charge is 0.261 e. The number of nitrogens with zero attached hydrogens (tertiary/aromatic N) is 1. The molecule has 98 valence electrons. The van der Waals surface area contributed by atoms with Crippen LogP contribution in [0.1, 0.15) is 32.1 Å². The fourth-order valence-electron chi connectivity index (χ4n) is 2.50. The number of fused-ring (bicyclic) bond motifs is 3. The fourth-order valence-corrected chi connectivity index (χ4v) is 3.73. The van der Waals surface area contributed by atoms with Crippen LogP contribution >= 0.6 is 11.3 Å². The molecule has 0 amide bonds. The zero-order valence-corrected chi connectivity index (χ0v) is 11.4. The molecule has 0 bridgehead atoms. The van der Waals surface area contributed by atoms with E-state index < -0.39 is 19.6 Å². The van der Waals surface area contributed by atoms with Crippen molar-refractivity contribution >= 4 is 37.2 Å². The van der Waals surface area contributed by atoms with Crippen molar-refractivity contribution in [3.63, 3.8) is 0 Å². The normalized spacial score (nSPS) is 27.1. The highest BCUT2D eigenvalue weighted by molar-refractivity contribution is 7.26. The lowest BCUT2D eigenvalue weighted by atomic mass is 9.99. The summed E-state index contributed by atoms with van der Waals surface area (Å²) in [6.07, 6.45) is -0.891. The van der Waals surface area contributed by atoms with E-state index >= 15 is 0 Å². The van der Waals surface area contributed by atoms with E-state index in [9.17, 15) is 0 Å². The van der Waals surface area contributed by atoms with Crippen LogP contribution in [-0.4, -0.2) is 5.71 Å². The molecule has 2 aromatic carbocycles. The van der Waals surface area contributed by atoms with E-state index in [0.717, 1.165) is 25.7 Å². The van der Waals surface area contributed by atoms with Gasteiger partial charge in [-0.15, -0.1) is 11.3 Å². The molecular weight excluding hydrogens is 262 g/mol. The summed E-state index contributed by atoms with van der Waals surface area (Å²) in [7, 11) is 0. The Hall–Kier alpha value is -1.93. The summed E-state index contributed by atoms with van der Waals surface area (Å²) < 4.78 is 41.3. The van der Waals surface area contributed by atoms with Gasteiger partial charge in [0.25, 0.3) is 0 Å². The third kappa shape index (κ3) is 1.80. The average molecular weight is 282 g/mol. The Bertz CT molecular complexity index is 1030. The van der Waals surface area contributed by atoms with Crippen LogP contribution in [0.5, 0.6) is 0 Å². The lowest BCUT2D eigenvalue weighted by Crippen LogP contribution is -2.04. The maximum absolute atomic E-state index is 8.39. The molecule has 0 saturated heterocycles. The molecule has 0 radical (unpaired) electrons. The van der Waals surface area contributed by atoms with Gasteiger partial charge in [-0.25, -0.2) is 0 Å². The quantitative estimate of drug-likeness (QED) is 0.555. The van der Waals surface area contributed by atoms with Crippen LogP contribution < -0.4 is 0 Å². The Morgan fingerprint density at radius 3 is 2.95 bits per heavy atom. The summed E-state index contributed by atoms with van der Waals surface area (Å²) in [5, 5.41) is 2.25. The van der Waals surface area contributed by atoms with Crippen molar-refractivity contribution in [3.8, 4) is 0 Å². The molecule has 3 aromatic rings. The van der Waals surface area contributed by atoms with Gasteiger partial charge in [-0.1, -0.05) is 42.0 Å². The molecule has 1 nitrogen and oxygen atoms in total. The van der Waals surface area contributed by atoms with Gasteiger partial charge in [-0.05, 0) is 25.7 Å². The van der Waals surface area contributed by atoms with Crippen molar-refractivity contribution in [2.24, 2.45) is 4.99 Å². The third-order valence-corrected chi connectivity index (χ3v) is 4.66. The summed E-state index contributed by atoms with van der Waals surface area (Å²) in [4.78, 5) is 4.29. The van der Waals surface area contributed by atoms with Crippen molar-refractivity contribution in [1.82, 2.24) is 0 Å². The molecule has 2 heterocycles. The first-order chi connectivity index (χ1) is 11.9. The van der Waals surface area contributed by atoms with Crippen LogP contribution in [-0.2, 0) is 0 Å². The van der Waals surface area contributed by atoms with Crippen LogP contribution in [0.15, 0.2) is 59.2 Å². The van der Waals surface area contributed by atoms with Crippen LogP contribution in [0.25, 0.3) is 20.2 Å². The standard InChI is InChI=1S/C18H15NS/c1-12-9-10-16(19-11-12)15-7-4-6-14-13-5-2-3-8-17(13)20-18(14)15/h2-8,11H,9-10H2,1H3/i1D3,9D,10D. The maximum Gasteiger partial charge on any atom is 0.0493 e. The molecule has 0 fully saturated rings. The summed E-state index contributed by atoms with van der Waals surface area (Å²) in [5.41, 5.74) is 1.21. The van der Waals surface area contributed by atoms with Crippen molar-refractivity contribution in [3.05, 3.63) is 59.8 Å². The van der Waals surface area contributed by atoms with Gasteiger partial charge in [-0.3, -0.25) is 4.99 Å². The van der Waals surface area contributed by atoms with Crippen molar-refractivity contribution in [1.29, 1.82) is 0 Å². The molecule has 0 spiro atoms. The minimum Gasteiger partial charge on any atom is -0.261 e. The second-order valence-electron chi connectivity index (χ2n) is 4.71. The first kappa shape index (κ1) is 7.75. The van der Waals surface area contributed by atoms with Crippen LogP contribution in [0.3, 0.4) is 0 Å². The van der Waals surface area contributed by atoms with Crippen LogP contribution in [0.2, 0.25) is 0 Å². The molecule has 0 N–H and O–H groups in total. The molecule has 20 heavy (non-hydrogen) atoms. The van der Waals surface area contributed by atoms with Gasteiger partial charge in [0.1, 0.15) is 0 Å². The van der Waals surface area contributed by atoms with Gasteiger partial charge in [0.05, 0.1) is 0 Å². The average Bonchev–Trinajstić information content (AvgIpc) is 2.95. The molecule has 4 rings (SSSR count). The van der Waals surface area contributed by atoms with Gasteiger partial charge in [0.15, 0.2) is 0 Å². The Labute approximate surface area is 129 Å². The molecular formula is C18H15NS. The van der Waals surface area contributed by atoms with Gasteiger partial charge >= 0.3 is 0 Å². The predicted molar refractivity (Wildman–Crippen MR) is 88.9 cm³/mol. The summed E-state index contributed by atoms with van der Waals surface area (Å²) in [6.45, 7) is -2.38.